The first-order valence-electron chi connectivity index (χ1n) is 5.03. The van der Waals surface area contributed by atoms with Crippen LogP contribution < -0.4 is 0 Å². The zero-order chi connectivity index (χ0) is 12.8. The molecule has 0 amide bonds. The normalized spacial score (nSPS) is 12.2. The van der Waals surface area contributed by atoms with E-state index >= 15 is 0 Å². The molecular weight excluding hydrogens is 263 g/mol. The first kappa shape index (κ1) is 11.2. The monoisotopic (exact) mass is 269 g/mol. The van der Waals surface area contributed by atoms with Crippen molar-refractivity contribution in [2.45, 2.75) is 6.18 Å². The molecule has 3 rings (SSSR count). The largest absolute Gasteiger partial charge is 0.445 e. The molecule has 0 aliphatic carbocycles. The predicted octanol–water partition coefficient (Wildman–Crippen LogP) is 3.48. The Labute approximate surface area is 104 Å². The molecule has 0 atom stereocenters. The van der Waals surface area contributed by atoms with E-state index in [4.69, 9.17) is 0 Å². The number of halogens is 3. The van der Waals surface area contributed by atoms with Crippen LogP contribution >= 0.6 is 11.3 Å². The number of hydrogen-bond donors (Lipinski definition) is 0. The lowest BCUT2D eigenvalue weighted by atomic mass is 10.2. The molecule has 0 saturated carbocycles. The summed E-state index contributed by atoms with van der Waals surface area (Å²) < 4.78 is 38.5. The highest BCUT2D eigenvalue weighted by Crippen LogP contribution is 2.33. The lowest BCUT2D eigenvalue weighted by molar-refractivity contribution is -0.138. The van der Waals surface area contributed by atoms with Gasteiger partial charge >= 0.3 is 6.18 Å². The van der Waals surface area contributed by atoms with Crippen LogP contribution in [-0.2, 0) is 6.18 Å². The van der Waals surface area contributed by atoms with Crippen molar-refractivity contribution in [3.05, 3.63) is 41.5 Å². The topological polar surface area (TPSA) is 30.2 Å². The minimum absolute atomic E-state index is 0.237. The molecule has 7 heteroatoms. The van der Waals surface area contributed by atoms with Gasteiger partial charge in [0.15, 0.2) is 0 Å². The third-order valence-corrected chi connectivity index (χ3v) is 3.32. The van der Waals surface area contributed by atoms with E-state index in [9.17, 15) is 13.2 Å². The summed E-state index contributed by atoms with van der Waals surface area (Å²) in [5.41, 5.74) is 1.46. The highest BCUT2D eigenvalue weighted by atomic mass is 32.1. The Morgan fingerprint density at radius 2 is 1.83 bits per heavy atom. The Balaban J connectivity index is 2.07. The van der Waals surface area contributed by atoms with Crippen molar-refractivity contribution in [1.82, 2.24) is 14.6 Å². The van der Waals surface area contributed by atoms with Gasteiger partial charge in [0.25, 0.3) is 0 Å². The van der Waals surface area contributed by atoms with Crippen molar-refractivity contribution in [2.75, 3.05) is 0 Å². The van der Waals surface area contributed by atoms with Gasteiger partial charge in [-0.25, -0.2) is 9.50 Å². The summed E-state index contributed by atoms with van der Waals surface area (Å²) in [6.45, 7) is 0. The van der Waals surface area contributed by atoms with Crippen LogP contribution in [0, 0.1) is 0 Å². The van der Waals surface area contributed by atoms with Gasteiger partial charge in [-0.15, -0.1) is 5.10 Å². The second kappa shape index (κ2) is 3.81. The molecule has 3 aromatic rings. The summed E-state index contributed by atoms with van der Waals surface area (Å²) in [6, 6.07) is 9.24. The maximum Gasteiger partial charge on any atom is 0.445 e. The number of nitrogens with zero attached hydrogens (tertiary/aromatic N) is 3. The van der Waals surface area contributed by atoms with Crippen LogP contribution in [0.1, 0.15) is 5.01 Å². The van der Waals surface area contributed by atoms with E-state index in [0.717, 1.165) is 10.1 Å². The van der Waals surface area contributed by atoms with Crippen molar-refractivity contribution in [2.24, 2.45) is 0 Å². The zero-order valence-electron chi connectivity index (χ0n) is 8.85. The van der Waals surface area contributed by atoms with Crippen LogP contribution in [0.15, 0.2) is 36.5 Å². The lowest BCUT2D eigenvalue weighted by Crippen LogP contribution is -2.04. The first-order chi connectivity index (χ1) is 8.54. The third kappa shape index (κ3) is 1.86. The quantitative estimate of drug-likeness (QED) is 0.677. The van der Waals surface area contributed by atoms with Gasteiger partial charge in [-0.05, 0) is 0 Å². The van der Waals surface area contributed by atoms with Gasteiger partial charge in [0.1, 0.15) is 0 Å². The number of aromatic nitrogens is 3. The summed E-state index contributed by atoms with van der Waals surface area (Å²) >= 11 is 0.535. The Bertz CT molecular complexity index is 653. The highest BCUT2D eigenvalue weighted by Gasteiger charge is 2.35. The van der Waals surface area contributed by atoms with Gasteiger partial charge in [0.2, 0.25) is 9.97 Å². The van der Waals surface area contributed by atoms with E-state index in [1.807, 2.05) is 30.3 Å². The molecule has 0 spiro atoms. The highest BCUT2D eigenvalue weighted by molar-refractivity contribution is 7.16. The molecule has 2 heterocycles. The van der Waals surface area contributed by atoms with Crippen LogP contribution in [0.3, 0.4) is 0 Å². The number of imidazole rings is 1. The summed E-state index contributed by atoms with van der Waals surface area (Å²) in [5.74, 6) is 0. The van der Waals surface area contributed by atoms with Crippen molar-refractivity contribution in [3.8, 4) is 11.3 Å². The molecule has 18 heavy (non-hydrogen) atoms. The number of benzene rings is 1. The Hall–Kier alpha value is -1.89. The first-order valence-corrected chi connectivity index (χ1v) is 5.84. The molecule has 0 aliphatic rings. The second-order valence-electron chi connectivity index (χ2n) is 3.62. The minimum atomic E-state index is -4.42. The van der Waals surface area contributed by atoms with Crippen molar-refractivity contribution in [1.29, 1.82) is 0 Å². The van der Waals surface area contributed by atoms with Crippen LogP contribution in [0.2, 0.25) is 0 Å². The second-order valence-corrected chi connectivity index (χ2v) is 4.58. The molecule has 0 fully saturated rings. The van der Waals surface area contributed by atoms with Gasteiger partial charge < -0.3 is 0 Å². The van der Waals surface area contributed by atoms with E-state index in [2.05, 4.69) is 10.1 Å². The van der Waals surface area contributed by atoms with Crippen LogP contribution in [0.4, 0.5) is 13.2 Å². The summed E-state index contributed by atoms with van der Waals surface area (Å²) in [5, 5.41) is 2.59. The molecule has 1 aromatic carbocycles. The fourth-order valence-electron chi connectivity index (χ4n) is 1.56. The minimum Gasteiger partial charge on any atom is -0.217 e. The number of rotatable bonds is 1. The van der Waals surface area contributed by atoms with Gasteiger partial charge in [-0.1, -0.05) is 41.7 Å². The molecule has 0 aliphatic heterocycles. The average molecular weight is 269 g/mol. The fourth-order valence-corrected chi connectivity index (χ4v) is 2.31. The number of alkyl halides is 3. The molecular formula is C11H6F3N3S. The van der Waals surface area contributed by atoms with Crippen molar-refractivity contribution >= 4 is 16.3 Å². The van der Waals surface area contributed by atoms with Crippen molar-refractivity contribution < 1.29 is 13.2 Å². The van der Waals surface area contributed by atoms with E-state index in [0.29, 0.717) is 17.0 Å². The van der Waals surface area contributed by atoms with Gasteiger partial charge in [-0.3, -0.25) is 0 Å². The molecule has 2 aromatic heterocycles. The van der Waals surface area contributed by atoms with E-state index in [1.54, 1.807) is 0 Å². The molecule has 0 unspecified atom stereocenters. The van der Waals surface area contributed by atoms with E-state index in [-0.39, 0.29) is 4.96 Å². The fraction of sp³-hybridized carbons (Fsp3) is 0.0909. The lowest BCUT2D eigenvalue weighted by Gasteiger charge is -1.98. The average Bonchev–Trinajstić information content (AvgIpc) is 2.86. The number of fused-ring (bicyclic) bond motifs is 1. The molecule has 0 saturated heterocycles. The Morgan fingerprint density at radius 3 is 2.44 bits per heavy atom. The van der Waals surface area contributed by atoms with Crippen molar-refractivity contribution in [3.63, 3.8) is 0 Å². The zero-order valence-corrected chi connectivity index (χ0v) is 9.66. The van der Waals surface area contributed by atoms with E-state index < -0.39 is 11.2 Å². The van der Waals surface area contributed by atoms with Gasteiger partial charge in [0.05, 0.1) is 11.9 Å². The molecule has 3 nitrogen and oxygen atoms in total. The number of hydrogen-bond acceptors (Lipinski definition) is 3. The van der Waals surface area contributed by atoms with Crippen LogP contribution in [0.5, 0.6) is 0 Å². The maximum absolute atomic E-state index is 12.4. The Morgan fingerprint density at radius 1 is 1.11 bits per heavy atom. The molecule has 0 bridgehead atoms. The Kier molecular flexibility index (Phi) is 2.37. The maximum atomic E-state index is 12.4. The van der Waals surface area contributed by atoms with Crippen LogP contribution in [0.25, 0.3) is 16.2 Å². The standard InChI is InChI=1S/C11H6F3N3S/c12-11(13,14)9-16-17-6-8(15-10(17)18-9)7-4-2-1-3-5-7/h1-6H. The molecule has 92 valence electrons. The summed E-state index contributed by atoms with van der Waals surface area (Å²) in [4.78, 5) is 4.37. The van der Waals surface area contributed by atoms with Gasteiger partial charge in [0, 0.05) is 5.56 Å². The predicted molar refractivity (Wildman–Crippen MR) is 61.3 cm³/mol. The summed E-state index contributed by atoms with van der Waals surface area (Å²) in [7, 11) is 0. The molecule has 0 N–H and O–H groups in total. The summed E-state index contributed by atoms with van der Waals surface area (Å²) in [6.07, 6.45) is -2.92. The van der Waals surface area contributed by atoms with Gasteiger partial charge in [-0.2, -0.15) is 13.2 Å². The molecule has 0 radical (unpaired) electrons. The SMILES string of the molecule is FC(F)(F)c1nn2cc(-c3ccccc3)nc2s1. The van der Waals surface area contributed by atoms with E-state index in [1.165, 1.54) is 6.20 Å². The third-order valence-electron chi connectivity index (χ3n) is 2.36. The smallest absolute Gasteiger partial charge is 0.217 e. The van der Waals surface area contributed by atoms with Crippen LogP contribution in [-0.4, -0.2) is 14.6 Å².